The first-order valence-electron chi connectivity index (χ1n) is 7.87. The Morgan fingerprint density at radius 1 is 1.14 bits per heavy atom. The summed E-state index contributed by atoms with van der Waals surface area (Å²) in [4.78, 5) is 8.36. The molecule has 1 aromatic carbocycles. The quantitative estimate of drug-likeness (QED) is 0.852. The number of anilines is 1. The van der Waals surface area contributed by atoms with E-state index in [1.54, 1.807) is 0 Å². The second kappa shape index (κ2) is 6.60. The van der Waals surface area contributed by atoms with Crippen molar-refractivity contribution in [3.8, 4) is 10.4 Å². The molecule has 3 nitrogen and oxygen atoms in total. The number of thiazole rings is 1. The SMILES string of the molecule is c1cc(N2CCSCC2)ccc1-c1cnc(C2CCOC2)s1. The van der Waals surface area contributed by atoms with E-state index in [0.29, 0.717) is 5.92 Å². The molecule has 4 rings (SSSR count). The smallest absolute Gasteiger partial charge is 0.0986 e. The molecule has 0 amide bonds. The van der Waals surface area contributed by atoms with Crippen LogP contribution < -0.4 is 4.90 Å². The summed E-state index contributed by atoms with van der Waals surface area (Å²) in [6.07, 6.45) is 3.13. The van der Waals surface area contributed by atoms with Gasteiger partial charge in [0.2, 0.25) is 0 Å². The van der Waals surface area contributed by atoms with Gasteiger partial charge in [0.15, 0.2) is 0 Å². The van der Waals surface area contributed by atoms with Crippen molar-refractivity contribution in [3.63, 3.8) is 0 Å². The third-order valence-electron chi connectivity index (χ3n) is 4.33. The number of nitrogens with zero attached hydrogens (tertiary/aromatic N) is 2. The minimum Gasteiger partial charge on any atom is -0.381 e. The van der Waals surface area contributed by atoms with E-state index in [-0.39, 0.29) is 0 Å². The van der Waals surface area contributed by atoms with Crippen LogP contribution >= 0.6 is 23.1 Å². The van der Waals surface area contributed by atoms with Crippen LogP contribution in [0.3, 0.4) is 0 Å². The fourth-order valence-electron chi connectivity index (χ4n) is 3.00. The second-order valence-electron chi connectivity index (χ2n) is 5.77. The number of thioether (sulfide) groups is 1. The summed E-state index contributed by atoms with van der Waals surface area (Å²) in [5.41, 5.74) is 2.62. The molecule has 116 valence electrons. The van der Waals surface area contributed by atoms with Gasteiger partial charge in [0.1, 0.15) is 0 Å². The van der Waals surface area contributed by atoms with Gasteiger partial charge >= 0.3 is 0 Å². The molecule has 2 saturated heterocycles. The molecule has 1 atom stereocenters. The molecule has 0 radical (unpaired) electrons. The maximum absolute atomic E-state index is 5.47. The highest BCUT2D eigenvalue weighted by Crippen LogP contribution is 2.34. The number of rotatable bonds is 3. The molecule has 1 aromatic heterocycles. The van der Waals surface area contributed by atoms with Crippen LogP contribution in [0.1, 0.15) is 17.3 Å². The molecule has 2 aromatic rings. The molecular formula is C17H20N2OS2. The van der Waals surface area contributed by atoms with Gasteiger partial charge in [-0.15, -0.1) is 11.3 Å². The molecule has 0 spiro atoms. The minimum absolute atomic E-state index is 0.504. The lowest BCUT2D eigenvalue weighted by Crippen LogP contribution is -2.32. The average Bonchev–Trinajstić information content (AvgIpc) is 3.27. The van der Waals surface area contributed by atoms with Crippen LogP contribution in [0.5, 0.6) is 0 Å². The van der Waals surface area contributed by atoms with Crippen molar-refractivity contribution in [2.75, 3.05) is 42.7 Å². The van der Waals surface area contributed by atoms with Crippen molar-refractivity contribution in [1.29, 1.82) is 0 Å². The Hall–Kier alpha value is -1.04. The Morgan fingerprint density at radius 3 is 2.68 bits per heavy atom. The van der Waals surface area contributed by atoms with Gasteiger partial charge in [0.05, 0.1) is 16.5 Å². The highest BCUT2D eigenvalue weighted by atomic mass is 32.2. The molecular weight excluding hydrogens is 312 g/mol. The molecule has 0 bridgehead atoms. The lowest BCUT2D eigenvalue weighted by molar-refractivity contribution is 0.194. The van der Waals surface area contributed by atoms with Gasteiger partial charge in [-0.05, 0) is 24.1 Å². The molecule has 0 aliphatic carbocycles. The second-order valence-corrected chi connectivity index (χ2v) is 8.06. The Morgan fingerprint density at radius 2 is 1.95 bits per heavy atom. The van der Waals surface area contributed by atoms with Crippen LogP contribution in [0, 0.1) is 0 Å². The van der Waals surface area contributed by atoms with Crippen molar-refractivity contribution in [2.24, 2.45) is 0 Å². The first-order valence-corrected chi connectivity index (χ1v) is 9.84. The highest BCUT2D eigenvalue weighted by molar-refractivity contribution is 7.99. The predicted octanol–water partition coefficient (Wildman–Crippen LogP) is 3.87. The van der Waals surface area contributed by atoms with Crippen LogP contribution in [0.25, 0.3) is 10.4 Å². The molecule has 1 unspecified atom stereocenters. The van der Waals surface area contributed by atoms with Crippen LogP contribution in [-0.2, 0) is 4.74 Å². The van der Waals surface area contributed by atoms with E-state index >= 15 is 0 Å². The van der Waals surface area contributed by atoms with Gasteiger partial charge in [-0.2, -0.15) is 11.8 Å². The van der Waals surface area contributed by atoms with Crippen molar-refractivity contribution in [1.82, 2.24) is 4.98 Å². The molecule has 0 N–H and O–H groups in total. The molecule has 3 heterocycles. The summed E-state index contributed by atoms with van der Waals surface area (Å²) in [5.74, 6) is 2.98. The van der Waals surface area contributed by atoms with E-state index < -0.39 is 0 Å². The number of aromatic nitrogens is 1. The zero-order valence-corrected chi connectivity index (χ0v) is 14.2. The summed E-state index contributed by atoms with van der Waals surface area (Å²) in [5, 5.41) is 1.23. The summed E-state index contributed by atoms with van der Waals surface area (Å²) >= 11 is 3.87. The maximum Gasteiger partial charge on any atom is 0.0986 e. The zero-order chi connectivity index (χ0) is 14.8. The Balaban J connectivity index is 1.50. The molecule has 2 fully saturated rings. The fraction of sp³-hybridized carbons (Fsp3) is 0.471. The monoisotopic (exact) mass is 332 g/mol. The minimum atomic E-state index is 0.504. The van der Waals surface area contributed by atoms with Gasteiger partial charge in [0, 0.05) is 49.0 Å². The third-order valence-corrected chi connectivity index (χ3v) is 6.48. The molecule has 5 heteroatoms. The van der Waals surface area contributed by atoms with Crippen molar-refractivity contribution >= 4 is 28.8 Å². The Labute approximate surface area is 139 Å². The Bertz CT molecular complexity index is 614. The first-order chi connectivity index (χ1) is 10.9. The van der Waals surface area contributed by atoms with Crippen LogP contribution in [-0.4, -0.2) is 42.8 Å². The van der Waals surface area contributed by atoms with Gasteiger partial charge in [-0.3, -0.25) is 0 Å². The van der Waals surface area contributed by atoms with E-state index in [9.17, 15) is 0 Å². The molecule has 0 saturated carbocycles. The van der Waals surface area contributed by atoms with E-state index in [1.165, 1.54) is 32.6 Å². The average molecular weight is 332 g/mol. The van der Waals surface area contributed by atoms with Crippen molar-refractivity contribution < 1.29 is 4.74 Å². The standard InChI is InChI=1S/C17H20N2OS2/c1-3-15(19-6-9-21-10-7-19)4-2-13(1)16-11-18-17(22-16)14-5-8-20-12-14/h1-4,11,14H,5-10,12H2. The van der Waals surface area contributed by atoms with Crippen molar-refractivity contribution in [2.45, 2.75) is 12.3 Å². The molecule has 22 heavy (non-hydrogen) atoms. The van der Waals surface area contributed by atoms with Crippen LogP contribution in [0.15, 0.2) is 30.5 Å². The lowest BCUT2D eigenvalue weighted by Gasteiger charge is -2.28. The topological polar surface area (TPSA) is 25.4 Å². The summed E-state index contributed by atoms with van der Waals surface area (Å²) in [6.45, 7) is 4.04. The van der Waals surface area contributed by atoms with Crippen molar-refractivity contribution in [3.05, 3.63) is 35.5 Å². The number of benzene rings is 1. The maximum atomic E-state index is 5.47. The zero-order valence-electron chi connectivity index (χ0n) is 12.5. The fourth-order valence-corrected chi connectivity index (χ4v) is 4.94. The number of ether oxygens (including phenoxy) is 1. The number of hydrogen-bond acceptors (Lipinski definition) is 5. The summed E-state index contributed by atoms with van der Waals surface area (Å²) in [6, 6.07) is 8.98. The normalized spacial score (nSPS) is 22.2. The predicted molar refractivity (Wildman–Crippen MR) is 95.3 cm³/mol. The summed E-state index contributed by atoms with van der Waals surface area (Å²) < 4.78 is 5.47. The Kier molecular flexibility index (Phi) is 4.37. The van der Waals surface area contributed by atoms with E-state index in [1.807, 2.05) is 29.3 Å². The van der Waals surface area contributed by atoms with E-state index in [0.717, 1.165) is 32.7 Å². The van der Waals surface area contributed by atoms with Gasteiger partial charge in [-0.1, -0.05) is 12.1 Å². The largest absolute Gasteiger partial charge is 0.381 e. The van der Waals surface area contributed by atoms with E-state index in [4.69, 9.17) is 4.74 Å². The van der Waals surface area contributed by atoms with Gasteiger partial charge in [0.25, 0.3) is 0 Å². The highest BCUT2D eigenvalue weighted by Gasteiger charge is 2.21. The number of hydrogen-bond donors (Lipinski definition) is 0. The lowest BCUT2D eigenvalue weighted by atomic mass is 10.1. The van der Waals surface area contributed by atoms with Gasteiger partial charge in [-0.25, -0.2) is 4.98 Å². The third kappa shape index (κ3) is 3.03. The first kappa shape index (κ1) is 14.5. The van der Waals surface area contributed by atoms with Crippen LogP contribution in [0.2, 0.25) is 0 Å². The molecule has 2 aliphatic rings. The molecule has 2 aliphatic heterocycles. The van der Waals surface area contributed by atoms with Crippen LogP contribution in [0.4, 0.5) is 5.69 Å². The van der Waals surface area contributed by atoms with Gasteiger partial charge < -0.3 is 9.64 Å². The summed E-state index contributed by atoms with van der Waals surface area (Å²) in [7, 11) is 0. The van der Waals surface area contributed by atoms with E-state index in [2.05, 4.69) is 34.1 Å².